The molecular weight excluding hydrogens is 222 g/mol. The van der Waals surface area contributed by atoms with Crippen LogP contribution in [0.4, 0.5) is 0 Å². The fourth-order valence-corrected chi connectivity index (χ4v) is 3.01. The average molecular weight is 251 g/mol. The summed E-state index contributed by atoms with van der Waals surface area (Å²) >= 11 is 0. The minimum atomic E-state index is -0.274. The van der Waals surface area contributed by atoms with Crippen LogP contribution in [0.1, 0.15) is 52.9 Å². The van der Waals surface area contributed by atoms with Crippen LogP contribution in [0.25, 0.3) is 0 Å². The number of rotatable bonds is 6. The monoisotopic (exact) mass is 251 g/mol. The first-order valence-electron chi connectivity index (χ1n) is 7.39. The first kappa shape index (κ1) is 15.5. The van der Waals surface area contributed by atoms with Crippen LogP contribution in [-0.4, -0.2) is 36.6 Å². The van der Waals surface area contributed by atoms with Gasteiger partial charge in [0.2, 0.25) is 0 Å². The Kier molecular flexibility index (Phi) is 6.11. The van der Waals surface area contributed by atoms with Crippen LogP contribution in [0.3, 0.4) is 0 Å². The smallest absolute Gasteiger partial charge is 0.108 e. The van der Waals surface area contributed by atoms with Gasteiger partial charge in [0.25, 0.3) is 0 Å². The van der Waals surface area contributed by atoms with E-state index in [1.807, 2.05) is 0 Å². The van der Waals surface area contributed by atoms with Crippen LogP contribution in [0.5, 0.6) is 0 Å². The Balaban J connectivity index is 2.60. The van der Waals surface area contributed by atoms with E-state index in [0.717, 1.165) is 38.8 Å². The Morgan fingerprint density at radius 2 is 2.22 bits per heavy atom. The van der Waals surface area contributed by atoms with Crippen molar-refractivity contribution in [3.8, 4) is 6.07 Å². The molecule has 0 aromatic rings. The van der Waals surface area contributed by atoms with Gasteiger partial charge in [0, 0.05) is 12.6 Å². The molecule has 0 spiro atoms. The summed E-state index contributed by atoms with van der Waals surface area (Å²) in [5.74, 6) is 0.692. The first-order chi connectivity index (χ1) is 8.53. The molecule has 1 aliphatic rings. The Bertz CT molecular complexity index is 282. The summed E-state index contributed by atoms with van der Waals surface area (Å²) < 4.78 is 0. The fourth-order valence-electron chi connectivity index (χ4n) is 3.01. The molecule has 104 valence electrons. The molecule has 1 aliphatic carbocycles. The predicted molar refractivity (Wildman–Crippen MR) is 76.4 cm³/mol. The van der Waals surface area contributed by atoms with Crippen LogP contribution in [0, 0.1) is 17.2 Å². The first-order valence-corrected chi connectivity index (χ1v) is 7.39. The molecule has 0 amide bonds. The molecule has 0 aliphatic heterocycles. The molecule has 1 N–H and O–H groups in total. The van der Waals surface area contributed by atoms with Crippen molar-refractivity contribution in [2.45, 2.75) is 64.5 Å². The predicted octanol–water partition coefficient (Wildman–Crippen LogP) is 2.78. The summed E-state index contributed by atoms with van der Waals surface area (Å²) in [6, 6.07) is 3.11. The minimum absolute atomic E-state index is 0.274. The maximum Gasteiger partial charge on any atom is 0.108 e. The highest BCUT2D eigenvalue weighted by molar-refractivity contribution is 5.11. The molecule has 0 aromatic carbocycles. The van der Waals surface area contributed by atoms with Gasteiger partial charge in [0.15, 0.2) is 0 Å². The van der Waals surface area contributed by atoms with Crippen LogP contribution in [0.15, 0.2) is 0 Å². The highest BCUT2D eigenvalue weighted by atomic mass is 15.1. The zero-order valence-corrected chi connectivity index (χ0v) is 12.5. The van der Waals surface area contributed by atoms with E-state index in [2.05, 4.69) is 44.1 Å². The summed E-state index contributed by atoms with van der Waals surface area (Å²) in [6.45, 7) is 8.75. The molecule has 2 atom stereocenters. The van der Waals surface area contributed by atoms with Gasteiger partial charge in [-0.05, 0) is 51.6 Å². The van der Waals surface area contributed by atoms with Gasteiger partial charge in [-0.2, -0.15) is 5.26 Å². The van der Waals surface area contributed by atoms with Gasteiger partial charge in [-0.25, -0.2) is 0 Å². The molecule has 0 bridgehead atoms. The molecule has 1 saturated carbocycles. The lowest BCUT2D eigenvalue weighted by Gasteiger charge is -2.41. The number of nitrogens with one attached hydrogen (secondary N) is 1. The molecule has 0 saturated heterocycles. The Morgan fingerprint density at radius 3 is 2.78 bits per heavy atom. The van der Waals surface area contributed by atoms with E-state index in [9.17, 15) is 5.26 Å². The van der Waals surface area contributed by atoms with Gasteiger partial charge >= 0.3 is 0 Å². The maximum absolute atomic E-state index is 9.52. The quantitative estimate of drug-likeness (QED) is 0.789. The second kappa shape index (κ2) is 7.11. The molecule has 1 rings (SSSR count). The van der Waals surface area contributed by atoms with Crippen LogP contribution in [0.2, 0.25) is 0 Å². The zero-order chi connectivity index (χ0) is 13.6. The fraction of sp³-hybridized carbons (Fsp3) is 0.933. The van der Waals surface area contributed by atoms with Crippen LogP contribution < -0.4 is 5.32 Å². The average Bonchev–Trinajstić information content (AvgIpc) is 2.36. The highest BCUT2D eigenvalue weighted by Gasteiger charge is 2.37. The molecule has 3 nitrogen and oxygen atoms in total. The second-order valence-corrected chi connectivity index (χ2v) is 6.20. The Labute approximate surface area is 113 Å². The van der Waals surface area contributed by atoms with E-state index < -0.39 is 0 Å². The molecule has 2 unspecified atom stereocenters. The van der Waals surface area contributed by atoms with Crippen molar-refractivity contribution in [1.29, 1.82) is 5.26 Å². The van der Waals surface area contributed by atoms with E-state index >= 15 is 0 Å². The molecule has 18 heavy (non-hydrogen) atoms. The molecule has 0 radical (unpaired) electrons. The third kappa shape index (κ3) is 4.26. The topological polar surface area (TPSA) is 39.1 Å². The van der Waals surface area contributed by atoms with Crippen molar-refractivity contribution in [2.24, 2.45) is 5.92 Å². The number of nitrogens with zero attached hydrogens (tertiary/aromatic N) is 2. The maximum atomic E-state index is 9.52. The number of hydrogen-bond donors (Lipinski definition) is 1. The largest absolute Gasteiger partial charge is 0.303 e. The van der Waals surface area contributed by atoms with Crippen molar-refractivity contribution in [2.75, 3.05) is 20.1 Å². The molecular formula is C15H29N3. The lowest BCUT2D eigenvalue weighted by Crippen LogP contribution is -2.52. The van der Waals surface area contributed by atoms with Crippen molar-refractivity contribution in [1.82, 2.24) is 10.2 Å². The van der Waals surface area contributed by atoms with Gasteiger partial charge in [-0.15, -0.1) is 0 Å². The summed E-state index contributed by atoms with van der Waals surface area (Å²) in [7, 11) is 2.21. The molecule has 0 aromatic heterocycles. The number of nitriles is 1. The summed E-state index contributed by atoms with van der Waals surface area (Å²) in [6.07, 6.45) is 5.48. The van der Waals surface area contributed by atoms with Crippen molar-refractivity contribution < 1.29 is 0 Å². The molecule has 1 fully saturated rings. The summed E-state index contributed by atoms with van der Waals surface area (Å²) in [4.78, 5) is 2.45. The van der Waals surface area contributed by atoms with E-state index in [1.54, 1.807) is 0 Å². The third-order valence-electron chi connectivity index (χ3n) is 3.93. The van der Waals surface area contributed by atoms with Crippen LogP contribution in [-0.2, 0) is 0 Å². The van der Waals surface area contributed by atoms with E-state index in [0.29, 0.717) is 12.0 Å². The second-order valence-electron chi connectivity index (χ2n) is 6.20. The van der Waals surface area contributed by atoms with Gasteiger partial charge in [0.1, 0.15) is 5.54 Å². The number of hydrogen-bond acceptors (Lipinski definition) is 3. The van der Waals surface area contributed by atoms with Crippen molar-refractivity contribution in [3.05, 3.63) is 0 Å². The van der Waals surface area contributed by atoms with E-state index in [4.69, 9.17) is 0 Å². The van der Waals surface area contributed by atoms with Gasteiger partial charge in [-0.3, -0.25) is 5.32 Å². The van der Waals surface area contributed by atoms with Gasteiger partial charge in [0.05, 0.1) is 6.07 Å². The summed E-state index contributed by atoms with van der Waals surface area (Å²) in [5.41, 5.74) is -0.274. The summed E-state index contributed by atoms with van der Waals surface area (Å²) in [5, 5.41) is 13.0. The SMILES string of the molecule is CCCNC1(C#N)CCCC(N(C)CC(C)C)C1. The lowest BCUT2D eigenvalue weighted by molar-refractivity contribution is 0.133. The van der Waals surface area contributed by atoms with Crippen LogP contribution >= 0.6 is 0 Å². The zero-order valence-electron chi connectivity index (χ0n) is 12.5. The molecule has 0 heterocycles. The Morgan fingerprint density at radius 1 is 1.50 bits per heavy atom. The van der Waals surface area contributed by atoms with Gasteiger partial charge < -0.3 is 4.90 Å². The van der Waals surface area contributed by atoms with E-state index in [1.165, 1.54) is 6.42 Å². The van der Waals surface area contributed by atoms with Crippen molar-refractivity contribution in [3.63, 3.8) is 0 Å². The third-order valence-corrected chi connectivity index (χ3v) is 3.93. The highest BCUT2D eigenvalue weighted by Crippen LogP contribution is 2.30. The van der Waals surface area contributed by atoms with E-state index in [-0.39, 0.29) is 5.54 Å². The molecule has 3 heteroatoms. The van der Waals surface area contributed by atoms with Crippen molar-refractivity contribution >= 4 is 0 Å². The Hall–Kier alpha value is -0.590. The van der Waals surface area contributed by atoms with Gasteiger partial charge in [-0.1, -0.05) is 20.8 Å². The minimum Gasteiger partial charge on any atom is -0.303 e. The lowest BCUT2D eigenvalue weighted by atomic mass is 9.79. The standard InChI is InChI=1S/C15H29N3/c1-5-9-17-15(12-16)8-6-7-14(10-15)18(4)11-13(2)3/h13-14,17H,5-11H2,1-4H3. The normalized spacial score (nSPS) is 28.6.